The Morgan fingerprint density at radius 2 is 1.78 bits per heavy atom. The molecule has 1 aliphatic rings. The number of nitrogens with zero attached hydrogens (tertiary/aromatic N) is 1. The number of benzene rings is 2. The minimum Gasteiger partial charge on any atom is -0.460 e. The molecule has 0 aliphatic carbocycles. The van der Waals surface area contributed by atoms with Crippen LogP contribution < -0.4 is 10.2 Å². The van der Waals surface area contributed by atoms with Gasteiger partial charge < -0.3 is 15.0 Å². The predicted molar refractivity (Wildman–Crippen MR) is 102 cm³/mol. The summed E-state index contributed by atoms with van der Waals surface area (Å²) in [6, 6.07) is 13.7. The second-order valence-electron chi connectivity index (χ2n) is 6.17. The lowest BCUT2D eigenvalue weighted by Gasteiger charge is -2.15. The van der Waals surface area contributed by atoms with Gasteiger partial charge in [-0.2, -0.15) is 0 Å². The monoisotopic (exact) mass is 386 g/mol. The molecule has 1 heterocycles. The fraction of sp³-hybridized carbons (Fsp3) is 0.250. The summed E-state index contributed by atoms with van der Waals surface area (Å²) in [6.07, 6.45) is 1.40. The van der Waals surface area contributed by atoms with Gasteiger partial charge in [-0.3, -0.25) is 14.4 Å². The molecule has 2 aromatic carbocycles. The summed E-state index contributed by atoms with van der Waals surface area (Å²) in [5.41, 5.74) is 2.00. The fourth-order valence-corrected chi connectivity index (χ4v) is 2.89. The third kappa shape index (κ3) is 5.08. The van der Waals surface area contributed by atoms with E-state index in [1.54, 1.807) is 53.4 Å². The number of carbonyl (C=O) groups is 3. The molecule has 0 radical (unpaired) electrons. The normalized spacial score (nSPS) is 13.5. The average Bonchev–Trinajstić information content (AvgIpc) is 3.11. The Hall–Kier alpha value is -2.86. The molecule has 140 valence electrons. The number of hydrogen-bond donors (Lipinski definition) is 1. The maximum atomic E-state index is 12.1. The number of esters is 1. The summed E-state index contributed by atoms with van der Waals surface area (Å²) in [6.45, 7) is 0.590. The van der Waals surface area contributed by atoms with Crippen molar-refractivity contribution < 1.29 is 19.1 Å². The van der Waals surface area contributed by atoms with Gasteiger partial charge in [0.15, 0.2) is 0 Å². The van der Waals surface area contributed by atoms with E-state index >= 15 is 0 Å². The van der Waals surface area contributed by atoms with Crippen LogP contribution >= 0.6 is 11.6 Å². The van der Waals surface area contributed by atoms with Crippen LogP contribution in [0.4, 0.5) is 5.69 Å². The van der Waals surface area contributed by atoms with E-state index in [0.717, 1.165) is 17.7 Å². The lowest BCUT2D eigenvalue weighted by Crippen LogP contribution is -2.30. The van der Waals surface area contributed by atoms with E-state index in [4.69, 9.17) is 16.3 Å². The molecule has 2 amide bonds. The third-order valence-electron chi connectivity index (χ3n) is 4.22. The number of hydrogen-bond acceptors (Lipinski definition) is 4. The topological polar surface area (TPSA) is 75.7 Å². The predicted octanol–water partition coefficient (Wildman–Crippen LogP) is 2.94. The number of carbonyl (C=O) groups excluding carboxylic acids is 3. The molecule has 0 saturated carbocycles. The molecule has 0 aromatic heterocycles. The fourth-order valence-electron chi connectivity index (χ4n) is 2.76. The molecule has 7 heteroatoms. The van der Waals surface area contributed by atoms with Gasteiger partial charge in [-0.1, -0.05) is 23.7 Å². The van der Waals surface area contributed by atoms with E-state index in [-0.39, 0.29) is 25.0 Å². The highest BCUT2D eigenvalue weighted by Crippen LogP contribution is 2.21. The Balaban J connectivity index is 1.46. The van der Waals surface area contributed by atoms with Crippen LogP contribution in [0.1, 0.15) is 28.8 Å². The minimum atomic E-state index is -0.530. The van der Waals surface area contributed by atoms with E-state index in [2.05, 4.69) is 5.32 Å². The Kier molecular flexibility index (Phi) is 6.08. The lowest BCUT2D eigenvalue weighted by atomic mass is 10.2. The largest absolute Gasteiger partial charge is 0.460 e. The van der Waals surface area contributed by atoms with Crippen LogP contribution in [0.5, 0.6) is 0 Å². The van der Waals surface area contributed by atoms with E-state index in [9.17, 15) is 14.4 Å². The van der Waals surface area contributed by atoms with Crippen molar-refractivity contribution in [2.45, 2.75) is 19.4 Å². The van der Waals surface area contributed by atoms with Gasteiger partial charge in [0.1, 0.15) is 13.2 Å². The standard InChI is InChI=1S/C20H19ClN2O4/c21-16-7-3-14(4-8-16)13-27-19(25)12-22-20(26)15-5-9-17(10-6-15)23-11-1-2-18(23)24/h3-10H,1-2,11-13H2,(H,22,26). The van der Waals surface area contributed by atoms with Crippen molar-refractivity contribution in [3.63, 3.8) is 0 Å². The van der Waals surface area contributed by atoms with Crippen LogP contribution in [0, 0.1) is 0 Å². The molecule has 0 bridgehead atoms. The van der Waals surface area contributed by atoms with Gasteiger partial charge in [0.2, 0.25) is 5.91 Å². The molecule has 3 rings (SSSR count). The highest BCUT2D eigenvalue weighted by Gasteiger charge is 2.21. The van der Waals surface area contributed by atoms with Crippen molar-refractivity contribution in [2.24, 2.45) is 0 Å². The van der Waals surface area contributed by atoms with Gasteiger partial charge in [0.25, 0.3) is 5.91 Å². The van der Waals surface area contributed by atoms with Crippen LogP contribution in [0.25, 0.3) is 0 Å². The highest BCUT2D eigenvalue weighted by atomic mass is 35.5. The summed E-state index contributed by atoms with van der Waals surface area (Å²) in [4.78, 5) is 37.4. The number of halogens is 1. The second kappa shape index (κ2) is 8.68. The van der Waals surface area contributed by atoms with Gasteiger partial charge in [-0.15, -0.1) is 0 Å². The van der Waals surface area contributed by atoms with Crippen LogP contribution in [-0.4, -0.2) is 30.9 Å². The average molecular weight is 387 g/mol. The number of ether oxygens (including phenoxy) is 1. The molecular weight excluding hydrogens is 368 g/mol. The van der Waals surface area contributed by atoms with E-state index in [0.29, 0.717) is 23.6 Å². The summed E-state index contributed by atoms with van der Waals surface area (Å²) in [5.74, 6) is -0.814. The first-order chi connectivity index (χ1) is 13.0. The van der Waals surface area contributed by atoms with Gasteiger partial charge >= 0.3 is 5.97 Å². The molecule has 1 fully saturated rings. The summed E-state index contributed by atoms with van der Waals surface area (Å²) in [7, 11) is 0. The molecule has 27 heavy (non-hydrogen) atoms. The van der Waals surface area contributed by atoms with Crippen molar-refractivity contribution >= 4 is 35.1 Å². The van der Waals surface area contributed by atoms with Crippen molar-refractivity contribution in [1.29, 1.82) is 0 Å². The zero-order valence-electron chi connectivity index (χ0n) is 14.6. The second-order valence-corrected chi connectivity index (χ2v) is 6.60. The molecule has 0 spiro atoms. The van der Waals surface area contributed by atoms with Crippen LogP contribution in [-0.2, 0) is 20.9 Å². The van der Waals surface area contributed by atoms with Crippen molar-refractivity contribution in [2.75, 3.05) is 18.0 Å². The van der Waals surface area contributed by atoms with Crippen molar-refractivity contribution in [3.8, 4) is 0 Å². The van der Waals surface area contributed by atoms with Gasteiger partial charge in [-0.25, -0.2) is 0 Å². The number of anilines is 1. The number of rotatable bonds is 6. The molecule has 2 aromatic rings. The summed E-state index contributed by atoms with van der Waals surface area (Å²) >= 11 is 5.80. The highest BCUT2D eigenvalue weighted by molar-refractivity contribution is 6.30. The van der Waals surface area contributed by atoms with Gasteiger partial charge in [0.05, 0.1) is 0 Å². The first-order valence-corrected chi connectivity index (χ1v) is 8.99. The van der Waals surface area contributed by atoms with E-state index in [1.807, 2.05) is 0 Å². The van der Waals surface area contributed by atoms with Crippen LogP contribution in [0.2, 0.25) is 5.02 Å². The lowest BCUT2D eigenvalue weighted by molar-refractivity contribution is -0.143. The first-order valence-electron chi connectivity index (χ1n) is 8.61. The molecule has 1 aliphatic heterocycles. The molecular formula is C20H19ClN2O4. The molecule has 0 atom stereocenters. The smallest absolute Gasteiger partial charge is 0.325 e. The Morgan fingerprint density at radius 3 is 2.41 bits per heavy atom. The van der Waals surface area contributed by atoms with E-state index < -0.39 is 5.97 Å². The molecule has 1 saturated heterocycles. The van der Waals surface area contributed by atoms with Crippen LogP contribution in [0.15, 0.2) is 48.5 Å². The SMILES string of the molecule is O=C(CNC(=O)c1ccc(N2CCCC2=O)cc1)OCc1ccc(Cl)cc1. The van der Waals surface area contributed by atoms with Gasteiger partial charge in [-0.05, 0) is 48.4 Å². The molecule has 6 nitrogen and oxygen atoms in total. The Morgan fingerprint density at radius 1 is 1.07 bits per heavy atom. The maximum Gasteiger partial charge on any atom is 0.325 e. The van der Waals surface area contributed by atoms with E-state index in [1.165, 1.54) is 0 Å². The Labute approximate surface area is 162 Å². The number of nitrogens with one attached hydrogen (secondary N) is 1. The Bertz CT molecular complexity index is 834. The molecule has 1 N–H and O–H groups in total. The molecule has 0 unspecified atom stereocenters. The van der Waals surface area contributed by atoms with Crippen LogP contribution in [0.3, 0.4) is 0 Å². The third-order valence-corrected chi connectivity index (χ3v) is 4.47. The quantitative estimate of drug-likeness (QED) is 0.774. The number of amides is 2. The zero-order valence-corrected chi connectivity index (χ0v) is 15.4. The van der Waals surface area contributed by atoms with Gasteiger partial charge in [0, 0.05) is 29.2 Å². The first kappa shape index (κ1) is 18.9. The van der Waals surface area contributed by atoms with Crippen molar-refractivity contribution in [3.05, 3.63) is 64.7 Å². The maximum absolute atomic E-state index is 12.1. The van der Waals surface area contributed by atoms with Crippen molar-refractivity contribution in [1.82, 2.24) is 5.32 Å². The zero-order chi connectivity index (χ0) is 19.2. The summed E-state index contributed by atoms with van der Waals surface area (Å²) < 4.78 is 5.11. The summed E-state index contributed by atoms with van der Waals surface area (Å²) in [5, 5.41) is 3.14. The minimum absolute atomic E-state index is 0.0932.